The summed E-state index contributed by atoms with van der Waals surface area (Å²) in [5, 5.41) is 3.06. The first kappa shape index (κ1) is 10.9. The summed E-state index contributed by atoms with van der Waals surface area (Å²) in [5.41, 5.74) is 7.51. The van der Waals surface area contributed by atoms with Gasteiger partial charge in [0.05, 0.1) is 5.69 Å². The van der Waals surface area contributed by atoms with Crippen LogP contribution in [0.2, 0.25) is 0 Å². The molecular weight excluding hydrogens is 268 g/mol. The number of nitrogens with one attached hydrogen (secondary N) is 1. The Balaban J connectivity index is 2.23. The Kier molecular flexibility index (Phi) is 3.05. The van der Waals surface area contributed by atoms with Gasteiger partial charge in [0.2, 0.25) is 0 Å². The van der Waals surface area contributed by atoms with Crippen LogP contribution in [0.15, 0.2) is 35.1 Å². The maximum Gasteiger partial charge on any atom is 0.154 e. The second kappa shape index (κ2) is 4.49. The highest BCUT2D eigenvalue weighted by Crippen LogP contribution is 2.22. The average molecular weight is 279 g/mol. The fourth-order valence-corrected chi connectivity index (χ4v) is 1.57. The second-order valence-corrected chi connectivity index (χ2v) is 4.35. The lowest BCUT2D eigenvalue weighted by molar-refractivity contribution is 1.22. The number of halogens is 1. The molecule has 0 saturated heterocycles. The number of aryl methyl sites for hydroxylation is 1. The molecule has 0 fully saturated rings. The molecule has 0 saturated carbocycles. The smallest absolute Gasteiger partial charge is 0.154 e. The summed E-state index contributed by atoms with van der Waals surface area (Å²) in [6.45, 7) is 1.99. The molecule has 16 heavy (non-hydrogen) atoms. The van der Waals surface area contributed by atoms with E-state index in [1.807, 2.05) is 19.1 Å². The van der Waals surface area contributed by atoms with E-state index in [1.165, 1.54) is 0 Å². The fourth-order valence-electron chi connectivity index (χ4n) is 1.22. The van der Waals surface area contributed by atoms with Crippen molar-refractivity contribution < 1.29 is 0 Å². The van der Waals surface area contributed by atoms with Crippen molar-refractivity contribution in [3.63, 3.8) is 0 Å². The van der Waals surface area contributed by atoms with Crippen LogP contribution in [0.25, 0.3) is 0 Å². The summed E-state index contributed by atoms with van der Waals surface area (Å²) in [7, 11) is 0. The van der Waals surface area contributed by atoms with Gasteiger partial charge in [-0.2, -0.15) is 0 Å². The van der Waals surface area contributed by atoms with E-state index >= 15 is 0 Å². The van der Waals surface area contributed by atoms with Gasteiger partial charge in [0.25, 0.3) is 0 Å². The number of pyridine rings is 2. The molecule has 5 heteroatoms. The summed E-state index contributed by atoms with van der Waals surface area (Å²) in [5.74, 6) is 1.34. The monoisotopic (exact) mass is 278 g/mol. The molecule has 0 unspecified atom stereocenters. The van der Waals surface area contributed by atoms with Gasteiger partial charge in [0.1, 0.15) is 5.82 Å². The zero-order valence-corrected chi connectivity index (χ0v) is 10.3. The van der Waals surface area contributed by atoms with Gasteiger partial charge >= 0.3 is 0 Å². The van der Waals surface area contributed by atoms with Gasteiger partial charge in [-0.15, -0.1) is 0 Å². The summed E-state index contributed by atoms with van der Waals surface area (Å²) < 4.78 is 0.854. The predicted octanol–water partition coefficient (Wildman–Crippen LogP) is 2.87. The molecule has 0 radical (unpaired) electrons. The van der Waals surface area contributed by atoms with Crippen molar-refractivity contribution in [2.24, 2.45) is 0 Å². The van der Waals surface area contributed by atoms with Crippen molar-refractivity contribution in [2.75, 3.05) is 11.1 Å². The lowest BCUT2D eigenvalue weighted by atomic mass is 10.3. The number of nitrogen functional groups attached to an aromatic ring is 1. The second-order valence-electron chi connectivity index (χ2n) is 3.44. The molecule has 0 aliphatic carbocycles. The van der Waals surface area contributed by atoms with Crippen molar-refractivity contribution in [1.82, 2.24) is 9.97 Å². The van der Waals surface area contributed by atoms with Crippen molar-refractivity contribution in [1.29, 1.82) is 0 Å². The number of hydrogen-bond acceptors (Lipinski definition) is 4. The van der Waals surface area contributed by atoms with Gasteiger partial charge in [-0.1, -0.05) is 6.07 Å². The summed E-state index contributed by atoms with van der Waals surface area (Å²) >= 11 is 3.31. The van der Waals surface area contributed by atoms with E-state index in [1.54, 1.807) is 18.5 Å². The highest BCUT2D eigenvalue weighted by molar-refractivity contribution is 9.10. The minimum atomic E-state index is 0.580. The average Bonchev–Trinajstić information content (AvgIpc) is 2.25. The highest BCUT2D eigenvalue weighted by atomic mass is 79.9. The topological polar surface area (TPSA) is 63.8 Å². The van der Waals surface area contributed by atoms with Crippen LogP contribution in [0.1, 0.15) is 5.56 Å². The third-order valence-corrected chi connectivity index (χ3v) is 2.48. The largest absolute Gasteiger partial charge is 0.396 e. The molecule has 82 valence electrons. The standard InChI is InChI=1S/C11H11BrN4/c1-7-2-3-10(14-5-7)16-11-9(13)4-8(12)6-15-11/h2-6H,13H2,1H3,(H,14,15,16). The van der Waals surface area contributed by atoms with Crippen LogP contribution in [-0.2, 0) is 0 Å². The van der Waals surface area contributed by atoms with Crippen molar-refractivity contribution in [2.45, 2.75) is 6.92 Å². The minimum absolute atomic E-state index is 0.580. The summed E-state index contributed by atoms with van der Waals surface area (Å²) in [6.07, 6.45) is 3.48. The molecule has 4 nitrogen and oxygen atoms in total. The van der Waals surface area contributed by atoms with Crippen LogP contribution in [0.5, 0.6) is 0 Å². The molecule has 2 heterocycles. The zero-order valence-electron chi connectivity index (χ0n) is 8.74. The van der Waals surface area contributed by atoms with E-state index in [0.717, 1.165) is 15.9 Å². The van der Waals surface area contributed by atoms with Gasteiger partial charge in [0.15, 0.2) is 5.82 Å². The van der Waals surface area contributed by atoms with E-state index in [4.69, 9.17) is 5.73 Å². The Hall–Kier alpha value is -1.62. The molecule has 0 aliphatic rings. The van der Waals surface area contributed by atoms with Crippen LogP contribution in [-0.4, -0.2) is 9.97 Å². The van der Waals surface area contributed by atoms with E-state index < -0.39 is 0 Å². The van der Waals surface area contributed by atoms with E-state index in [2.05, 4.69) is 31.2 Å². The number of anilines is 3. The normalized spacial score (nSPS) is 10.1. The first-order valence-corrected chi connectivity index (χ1v) is 5.55. The van der Waals surface area contributed by atoms with E-state index in [0.29, 0.717) is 11.5 Å². The Morgan fingerprint density at radius 1 is 1.25 bits per heavy atom. The lowest BCUT2D eigenvalue weighted by Crippen LogP contribution is -2.00. The molecular formula is C11H11BrN4. The number of rotatable bonds is 2. The molecule has 0 bridgehead atoms. The fraction of sp³-hybridized carbons (Fsp3) is 0.0909. The maximum absolute atomic E-state index is 5.82. The van der Waals surface area contributed by atoms with Crippen molar-refractivity contribution >= 4 is 33.3 Å². The van der Waals surface area contributed by atoms with Crippen LogP contribution < -0.4 is 11.1 Å². The number of nitrogens with two attached hydrogens (primary N) is 1. The van der Waals surface area contributed by atoms with Crippen LogP contribution in [0.4, 0.5) is 17.3 Å². The molecule has 3 N–H and O–H groups in total. The Morgan fingerprint density at radius 3 is 2.69 bits per heavy atom. The van der Waals surface area contributed by atoms with Gasteiger partial charge in [-0.25, -0.2) is 9.97 Å². The van der Waals surface area contributed by atoms with Crippen LogP contribution in [0, 0.1) is 6.92 Å². The third-order valence-electron chi connectivity index (χ3n) is 2.04. The van der Waals surface area contributed by atoms with Crippen molar-refractivity contribution in [3.05, 3.63) is 40.6 Å². The number of nitrogens with zero attached hydrogens (tertiary/aromatic N) is 2. The molecule has 0 spiro atoms. The van der Waals surface area contributed by atoms with Crippen molar-refractivity contribution in [3.8, 4) is 0 Å². The molecule has 0 aromatic carbocycles. The molecule has 0 aliphatic heterocycles. The van der Waals surface area contributed by atoms with Crippen LogP contribution >= 0.6 is 15.9 Å². The molecule has 2 aromatic heterocycles. The number of hydrogen-bond donors (Lipinski definition) is 2. The van der Waals surface area contributed by atoms with Gasteiger partial charge in [-0.3, -0.25) is 0 Å². The Morgan fingerprint density at radius 2 is 2.06 bits per heavy atom. The van der Waals surface area contributed by atoms with E-state index in [-0.39, 0.29) is 0 Å². The predicted molar refractivity (Wildman–Crippen MR) is 68.6 cm³/mol. The first-order valence-electron chi connectivity index (χ1n) is 4.76. The lowest BCUT2D eigenvalue weighted by Gasteiger charge is -2.07. The quantitative estimate of drug-likeness (QED) is 0.887. The number of aromatic nitrogens is 2. The molecule has 0 atom stereocenters. The first-order chi connectivity index (χ1) is 7.65. The summed E-state index contributed by atoms with van der Waals surface area (Å²) in [6, 6.07) is 5.66. The Labute approximate surface area is 102 Å². The minimum Gasteiger partial charge on any atom is -0.396 e. The summed E-state index contributed by atoms with van der Waals surface area (Å²) in [4.78, 5) is 8.39. The van der Waals surface area contributed by atoms with E-state index in [9.17, 15) is 0 Å². The Bertz CT molecular complexity index is 496. The molecule has 2 rings (SSSR count). The van der Waals surface area contributed by atoms with Gasteiger partial charge < -0.3 is 11.1 Å². The molecule has 2 aromatic rings. The molecule has 0 amide bonds. The van der Waals surface area contributed by atoms with Crippen LogP contribution in [0.3, 0.4) is 0 Å². The SMILES string of the molecule is Cc1ccc(Nc2ncc(Br)cc2N)nc1. The highest BCUT2D eigenvalue weighted by Gasteiger charge is 2.02. The maximum atomic E-state index is 5.82. The van der Waals surface area contributed by atoms with Gasteiger partial charge in [0, 0.05) is 16.9 Å². The third kappa shape index (κ3) is 2.49. The van der Waals surface area contributed by atoms with Gasteiger partial charge in [-0.05, 0) is 40.5 Å². The zero-order chi connectivity index (χ0) is 11.5.